The fraction of sp³-hybridized carbons (Fsp3) is 0.524. The molecule has 2 atom stereocenters. The molecular formula is C21H25N3O2S. The molecule has 2 saturated heterocycles. The molecule has 2 aromatic heterocycles. The van der Waals surface area contributed by atoms with Crippen LogP contribution in [0.5, 0.6) is 0 Å². The van der Waals surface area contributed by atoms with Gasteiger partial charge in [-0.2, -0.15) is 11.3 Å². The molecule has 0 radical (unpaired) electrons. The van der Waals surface area contributed by atoms with Crippen LogP contribution in [0.2, 0.25) is 0 Å². The summed E-state index contributed by atoms with van der Waals surface area (Å²) >= 11 is 1.68. The molecule has 5 rings (SSSR count). The summed E-state index contributed by atoms with van der Waals surface area (Å²) in [5, 5.41) is 4.20. The lowest BCUT2D eigenvalue weighted by molar-refractivity contribution is -0.173. The van der Waals surface area contributed by atoms with Crippen LogP contribution in [-0.4, -0.2) is 58.6 Å². The highest BCUT2D eigenvalue weighted by molar-refractivity contribution is 7.07. The molecule has 142 valence electrons. The van der Waals surface area contributed by atoms with Gasteiger partial charge >= 0.3 is 0 Å². The number of hydrogen-bond donors (Lipinski definition) is 0. The number of hydrogen-bond acceptors (Lipinski definition) is 5. The first-order chi connectivity index (χ1) is 13.3. The maximum atomic E-state index is 13.7. The zero-order valence-electron chi connectivity index (χ0n) is 15.4. The number of carbonyl (C=O) groups is 1. The van der Waals surface area contributed by atoms with Crippen molar-refractivity contribution in [3.05, 3.63) is 52.5 Å². The predicted octanol–water partition coefficient (Wildman–Crippen LogP) is 2.89. The predicted molar refractivity (Wildman–Crippen MR) is 105 cm³/mol. The second kappa shape index (κ2) is 7.00. The van der Waals surface area contributed by atoms with Gasteiger partial charge in [0, 0.05) is 50.5 Å². The van der Waals surface area contributed by atoms with E-state index < -0.39 is 5.60 Å². The second-order valence-electron chi connectivity index (χ2n) is 7.95. The number of nitrogens with zero attached hydrogens (tertiary/aromatic N) is 3. The van der Waals surface area contributed by atoms with Gasteiger partial charge in [-0.15, -0.1) is 0 Å². The van der Waals surface area contributed by atoms with Crippen molar-refractivity contribution in [1.82, 2.24) is 14.8 Å². The molecule has 5 nitrogen and oxygen atoms in total. The molecule has 1 saturated carbocycles. The smallest absolute Gasteiger partial charge is 0.257 e. The van der Waals surface area contributed by atoms with E-state index in [0.29, 0.717) is 32.3 Å². The Morgan fingerprint density at radius 3 is 2.96 bits per heavy atom. The first-order valence-corrected chi connectivity index (χ1v) is 10.8. The van der Waals surface area contributed by atoms with Gasteiger partial charge in [0.1, 0.15) is 0 Å². The van der Waals surface area contributed by atoms with E-state index in [2.05, 4.69) is 32.8 Å². The molecule has 1 spiro atoms. The van der Waals surface area contributed by atoms with Gasteiger partial charge in [0.05, 0.1) is 6.61 Å². The van der Waals surface area contributed by atoms with Crippen molar-refractivity contribution >= 4 is 17.2 Å². The summed E-state index contributed by atoms with van der Waals surface area (Å²) in [6.45, 7) is 3.53. The maximum absolute atomic E-state index is 13.7. The van der Waals surface area contributed by atoms with E-state index in [9.17, 15) is 4.79 Å². The lowest BCUT2D eigenvalue weighted by Crippen LogP contribution is -2.60. The van der Waals surface area contributed by atoms with Crippen LogP contribution in [0.1, 0.15) is 36.3 Å². The second-order valence-corrected chi connectivity index (χ2v) is 8.73. The summed E-state index contributed by atoms with van der Waals surface area (Å²) in [4.78, 5) is 22.5. The molecule has 3 fully saturated rings. The normalized spacial score (nSPS) is 29.4. The molecular weight excluding hydrogens is 358 g/mol. The van der Waals surface area contributed by atoms with E-state index in [4.69, 9.17) is 4.74 Å². The van der Waals surface area contributed by atoms with E-state index in [1.165, 1.54) is 24.8 Å². The van der Waals surface area contributed by atoms with Crippen LogP contribution in [0, 0.1) is 0 Å². The summed E-state index contributed by atoms with van der Waals surface area (Å²) in [7, 11) is 0. The van der Waals surface area contributed by atoms with Gasteiger partial charge < -0.3 is 9.64 Å². The highest BCUT2D eigenvalue weighted by atomic mass is 32.1. The third-order valence-electron chi connectivity index (χ3n) is 6.42. The largest absolute Gasteiger partial charge is 0.361 e. The number of aromatic nitrogens is 1. The van der Waals surface area contributed by atoms with E-state index >= 15 is 0 Å². The number of amides is 1. The molecule has 2 aliphatic heterocycles. The lowest BCUT2D eigenvalue weighted by atomic mass is 9.83. The van der Waals surface area contributed by atoms with Gasteiger partial charge in [-0.3, -0.25) is 14.7 Å². The molecule has 0 aromatic carbocycles. The number of rotatable bonds is 4. The fourth-order valence-electron chi connectivity index (χ4n) is 4.73. The molecule has 0 unspecified atom stereocenters. The van der Waals surface area contributed by atoms with Crippen molar-refractivity contribution in [2.45, 2.75) is 43.4 Å². The molecule has 2 aromatic rings. The van der Waals surface area contributed by atoms with Gasteiger partial charge in [-0.25, -0.2) is 0 Å². The topological polar surface area (TPSA) is 45.7 Å². The third kappa shape index (κ3) is 3.00. The highest BCUT2D eigenvalue weighted by Gasteiger charge is 2.58. The number of ether oxygens (including phenoxy) is 1. The first-order valence-electron chi connectivity index (χ1n) is 9.85. The van der Waals surface area contributed by atoms with Crippen LogP contribution in [0.25, 0.3) is 0 Å². The SMILES string of the molecule is O=C1N(Cc2ccsc2)CCO[C@@]12CN(C1CCC1)C[C@H]2c1cccnc1. The average Bonchev–Trinajstić information content (AvgIpc) is 3.27. The molecule has 4 heterocycles. The Balaban J connectivity index is 1.47. The summed E-state index contributed by atoms with van der Waals surface area (Å²) in [5.74, 6) is 0.195. The maximum Gasteiger partial charge on any atom is 0.257 e. The lowest BCUT2D eigenvalue weighted by Gasteiger charge is -2.43. The minimum absolute atomic E-state index is 0.0459. The van der Waals surface area contributed by atoms with Crippen molar-refractivity contribution < 1.29 is 9.53 Å². The average molecular weight is 384 g/mol. The Bertz CT molecular complexity index is 793. The first kappa shape index (κ1) is 17.3. The van der Waals surface area contributed by atoms with Crippen molar-refractivity contribution in [2.75, 3.05) is 26.2 Å². The summed E-state index contributed by atoms with van der Waals surface area (Å²) in [6, 6.07) is 6.77. The quantitative estimate of drug-likeness (QED) is 0.814. The fourth-order valence-corrected chi connectivity index (χ4v) is 5.39. The van der Waals surface area contributed by atoms with E-state index in [1.807, 2.05) is 17.2 Å². The van der Waals surface area contributed by atoms with Crippen molar-refractivity contribution in [2.24, 2.45) is 0 Å². The third-order valence-corrected chi connectivity index (χ3v) is 7.15. The summed E-state index contributed by atoms with van der Waals surface area (Å²) in [6.07, 6.45) is 7.47. The van der Waals surface area contributed by atoms with Crippen LogP contribution < -0.4 is 0 Å². The van der Waals surface area contributed by atoms with Crippen molar-refractivity contribution in [3.8, 4) is 0 Å². The molecule has 27 heavy (non-hydrogen) atoms. The van der Waals surface area contributed by atoms with E-state index in [0.717, 1.165) is 12.1 Å². The van der Waals surface area contributed by atoms with Crippen LogP contribution in [0.3, 0.4) is 0 Å². The van der Waals surface area contributed by atoms with Crippen LogP contribution in [-0.2, 0) is 16.1 Å². The number of likely N-dealkylation sites (tertiary alicyclic amines) is 1. The number of thiophene rings is 1. The molecule has 6 heteroatoms. The minimum Gasteiger partial charge on any atom is -0.361 e. The molecule has 0 bridgehead atoms. The highest BCUT2D eigenvalue weighted by Crippen LogP contribution is 2.44. The summed E-state index contributed by atoms with van der Waals surface area (Å²) < 4.78 is 6.35. The van der Waals surface area contributed by atoms with Crippen LogP contribution in [0.15, 0.2) is 41.4 Å². The number of pyridine rings is 1. The van der Waals surface area contributed by atoms with Gasteiger partial charge in [0.15, 0.2) is 5.60 Å². The van der Waals surface area contributed by atoms with Crippen LogP contribution in [0.4, 0.5) is 0 Å². The van der Waals surface area contributed by atoms with Gasteiger partial charge in [0.25, 0.3) is 5.91 Å². The van der Waals surface area contributed by atoms with Gasteiger partial charge in [-0.1, -0.05) is 12.5 Å². The molecule has 3 aliphatic rings. The molecule has 0 N–H and O–H groups in total. The van der Waals surface area contributed by atoms with E-state index in [1.54, 1.807) is 17.5 Å². The minimum atomic E-state index is -0.771. The zero-order valence-corrected chi connectivity index (χ0v) is 16.2. The van der Waals surface area contributed by atoms with E-state index in [-0.39, 0.29) is 11.8 Å². The molecule has 1 amide bonds. The Morgan fingerprint density at radius 2 is 2.26 bits per heavy atom. The van der Waals surface area contributed by atoms with Crippen molar-refractivity contribution in [1.29, 1.82) is 0 Å². The Kier molecular flexibility index (Phi) is 4.50. The monoisotopic (exact) mass is 383 g/mol. The van der Waals surface area contributed by atoms with Crippen LogP contribution >= 0.6 is 11.3 Å². The Morgan fingerprint density at radius 1 is 1.33 bits per heavy atom. The Hall–Kier alpha value is -1.76. The van der Waals surface area contributed by atoms with Crippen molar-refractivity contribution in [3.63, 3.8) is 0 Å². The standard InChI is InChI=1S/C21H25N3O2S/c25-20-21(26-9-8-23(20)12-16-6-10-27-14-16)15-24(18-4-1-5-18)13-19(21)17-3-2-7-22-11-17/h2-3,6-7,10-11,14,18-19H,1,4-5,8-9,12-13,15H2/t19-,21+/m0/s1. The Labute approximate surface area is 164 Å². The summed E-state index contributed by atoms with van der Waals surface area (Å²) in [5.41, 5.74) is 1.55. The van der Waals surface area contributed by atoms with Gasteiger partial charge in [-0.05, 0) is 46.9 Å². The van der Waals surface area contributed by atoms with Gasteiger partial charge in [0.2, 0.25) is 0 Å². The number of carbonyl (C=O) groups excluding carboxylic acids is 1. The number of morpholine rings is 1. The zero-order chi connectivity index (χ0) is 18.3. The molecule has 1 aliphatic carbocycles.